The van der Waals surface area contributed by atoms with Crippen LogP contribution in [0, 0.1) is 0 Å². The topological polar surface area (TPSA) is 37.8 Å². The molecule has 0 saturated heterocycles. The molecule has 3 heteroatoms. The van der Waals surface area contributed by atoms with E-state index in [0.29, 0.717) is 5.82 Å². The molecular weight excluding hydrogens is 595 g/mol. The van der Waals surface area contributed by atoms with Crippen molar-refractivity contribution in [3.8, 4) is 45.0 Å². The van der Waals surface area contributed by atoms with E-state index < -0.39 is 0 Å². The summed E-state index contributed by atoms with van der Waals surface area (Å²) in [6, 6.07) is 53.9. The normalized spacial score (nSPS) is 11.9. The maximum absolute atomic E-state index is 5.31. The SMILES string of the molecule is C/C=C\C(=C/NC)c1cccc(-c2cc(-c3cccc(-c4ccc5ccccc5c4)c3)nc(-c3cc4ccccc4c4ccccc34)n2)c1. The van der Waals surface area contributed by atoms with Crippen molar-refractivity contribution in [3.63, 3.8) is 0 Å². The number of hydrogen-bond acceptors (Lipinski definition) is 3. The Kier molecular flexibility index (Phi) is 8.01. The van der Waals surface area contributed by atoms with Gasteiger partial charge in [-0.1, -0.05) is 133 Å². The van der Waals surface area contributed by atoms with E-state index in [9.17, 15) is 0 Å². The molecule has 0 aliphatic rings. The van der Waals surface area contributed by atoms with Crippen molar-refractivity contribution in [3.05, 3.63) is 176 Å². The molecule has 8 rings (SSSR count). The first kappa shape index (κ1) is 30.0. The highest BCUT2D eigenvalue weighted by atomic mass is 14.9. The third kappa shape index (κ3) is 5.88. The third-order valence-corrected chi connectivity index (χ3v) is 9.11. The van der Waals surface area contributed by atoms with Gasteiger partial charge in [-0.25, -0.2) is 9.97 Å². The van der Waals surface area contributed by atoms with Crippen molar-refractivity contribution < 1.29 is 0 Å². The first-order chi connectivity index (χ1) is 24.2. The van der Waals surface area contributed by atoms with Crippen LogP contribution in [0.3, 0.4) is 0 Å². The largest absolute Gasteiger partial charge is 0.393 e. The van der Waals surface area contributed by atoms with E-state index >= 15 is 0 Å². The van der Waals surface area contributed by atoms with Crippen molar-refractivity contribution in [1.82, 2.24) is 15.3 Å². The fraction of sp³-hybridized carbons (Fsp3) is 0.0435. The molecule has 7 aromatic carbocycles. The molecule has 234 valence electrons. The Bertz CT molecular complexity index is 2560. The van der Waals surface area contributed by atoms with Crippen molar-refractivity contribution in [2.75, 3.05) is 7.05 Å². The molecule has 0 spiro atoms. The quantitative estimate of drug-likeness (QED) is 0.141. The van der Waals surface area contributed by atoms with Crippen LogP contribution < -0.4 is 5.32 Å². The van der Waals surface area contributed by atoms with Gasteiger partial charge in [0.2, 0.25) is 0 Å². The Balaban J connectivity index is 1.34. The van der Waals surface area contributed by atoms with Gasteiger partial charge >= 0.3 is 0 Å². The zero-order valence-corrected chi connectivity index (χ0v) is 27.6. The number of rotatable bonds is 7. The first-order valence-electron chi connectivity index (χ1n) is 16.7. The van der Waals surface area contributed by atoms with Crippen LogP contribution in [0.1, 0.15) is 12.5 Å². The minimum absolute atomic E-state index is 0.704. The number of benzene rings is 7. The Hall–Kier alpha value is -6.32. The number of aromatic nitrogens is 2. The summed E-state index contributed by atoms with van der Waals surface area (Å²) in [5.41, 5.74) is 9.39. The van der Waals surface area contributed by atoms with Gasteiger partial charge < -0.3 is 5.32 Å². The second kappa shape index (κ2) is 13.1. The van der Waals surface area contributed by atoms with Crippen LogP contribution in [0.4, 0.5) is 0 Å². The molecule has 0 unspecified atom stereocenters. The van der Waals surface area contributed by atoms with Crippen LogP contribution in [0.15, 0.2) is 170 Å². The maximum Gasteiger partial charge on any atom is 0.161 e. The lowest BCUT2D eigenvalue weighted by Crippen LogP contribution is -1.98. The van der Waals surface area contributed by atoms with Crippen LogP contribution in [-0.4, -0.2) is 17.0 Å². The second-order valence-corrected chi connectivity index (χ2v) is 12.3. The summed E-state index contributed by atoms with van der Waals surface area (Å²) in [6.07, 6.45) is 6.20. The number of hydrogen-bond donors (Lipinski definition) is 1. The molecule has 0 amide bonds. The van der Waals surface area contributed by atoms with Crippen LogP contribution in [0.2, 0.25) is 0 Å². The zero-order valence-electron chi connectivity index (χ0n) is 27.6. The molecule has 49 heavy (non-hydrogen) atoms. The van der Waals surface area contributed by atoms with E-state index in [2.05, 4.69) is 169 Å². The maximum atomic E-state index is 5.31. The van der Waals surface area contributed by atoms with E-state index in [1.807, 2.05) is 20.2 Å². The van der Waals surface area contributed by atoms with Crippen molar-refractivity contribution >= 4 is 37.9 Å². The van der Waals surface area contributed by atoms with Gasteiger partial charge in [0.1, 0.15) is 0 Å². The van der Waals surface area contributed by atoms with Crippen LogP contribution in [0.5, 0.6) is 0 Å². The lowest BCUT2D eigenvalue weighted by Gasteiger charge is -2.14. The predicted octanol–water partition coefficient (Wildman–Crippen LogP) is 11.7. The average Bonchev–Trinajstić information content (AvgIpc) is 3.17. The highest BCUT2D eigenvalue weighted by Gasteiger charge is 2.16. The predicted molar refractivity (Wildman–Crippen MR) is 208 cm³/mol. The molecule has 8 aromatic rings. The Labute approximate surface area is 287 Å². The van der Waals surface area contributed by atoms with Gasteiger partial charge in [-0.3, -0.25) is 0 Å². The summed E-state index contributed by atoms with van der Waals surface area (Å²) < 4.78 is 0. The molecule has 1 N–H and O–H groups in total. The van der Waals surface area contributed by atoms with Crippen molar-refractivity contribution in [2.45, 2.75) is 6.92 Å². The Morgan fingerprint density at radius 2 is 1.14 bits per heavy atom. The van der Waals surface area contributed by atoms with Crippen molar-refractivity contribution in [1.29, 1.82) is 0 Å². The summed E-state index contributed by atoms with van der Waals surface area (Å²) in [5, 5.41) is 10.4. The van der Waals surface area contributed by atoms with Gasteiger partial charge in [0, 0.05) is 29.9 Å². The average molecular weight is 630 g/mol. The fourth-order valence-corrected chi connectivity index (χ4v) is 6.75. The van der Waals surface area contributed by atoms with Crippen molar-refractivity contribution in [2.24, 2.45) is 0 Å². The van der Waals surface area contributed by atoms with Gasteiger partial charge in [0.15, 0.2) is 5.82 Å². The molecule has 1 aromatic heterocycles. The van der Waals surface area contributed by atoms with Crippen LogP contribution in [0.25, 0.3) is 82.9 Å². The standard InChI is InChI=1S/C46H35N3/c1-3-12-39(30-47-2)34-17-11-19-38(27-34)45-29-44(37-18-10-16-33(26-37)35-24-23-31-13-4-5-14-32(31)25-35)48-46(49-45)43-28-36-15-6-7-20-40(36)41-21-8-9-22-42(41)43/h3-30,47H,1-2H3/b12-3-,39-30+. The van der Waals surface area contributed by atoms with Gasteiger partial charge in [0.05, 0.1) is 11.4 Å². The number of nitrogens with zero attached hydrogens (tertiary/aromatic N) is 2. The molecule has 1 heterocycles. The second-order valence-electron chi connectivity index (χ2n) is 12.3. The van der Waals surface area contributed by atoms with E-state index in [0.717, 1.165) is 50.2 Å². The molecule has 0 fully saturated rings. The molecular formula is C46H35N3. The van der Waals surface area contributed by atoms with Gasteiger partial charge in [0.25, 0.3) is 0 Å². The smallest absolute Gasteiger partial charge is 0.161 e. The van der Waals surface area contributed by atoms with Gasteiger partial charge in [-0.05, 0) is 91.8 Å². The zero-order chi connectivity index (χ0) is 33.2. The summed E-state index contributed by atoms with van der Waals surface area (Å²) >= 11 is 0. The molecule has 0 saturated carbocycles. The summed E-state index contributed by atoms with van der Waals surface area (Å²) in [5.74, 6) is 0.704. The summed E-state index contributed by atoms with van der Waals surface area (Å²) in [4.78, 5) is 10.6. The lowest BCUT2D eigenvalue weighted by molar-refractivity contribution is 1.11. The van der Waals surface area contributed by atoms with E-state index in [4.69, 9.17) is 9.97 Å². The molecule has 0 radical (unpaired) electrons. The molecule has 0 aliphatic heterocycles. The number of fused-ring (bicyclic) bond motifs is 4. The van der Waals surface area contributed by atoms with Gasteiger partial charge in [-0.2, -0.15) is 0 Å². The molecule has 0 bridgehead atoms. The minimum atomic E-state index is 0.704. The monoisotopic (exact) mass is 629 g/mol. The highest BCUT2D eigenvalue weighted by molar-refractivity contribution is 6.13. The fourth-order valence-electron chi connectivity index (χ4n) is 6.75. The van der Waals surface area contributed by atoms with Crippen LogP contribution >= 0.6 is 0 Å². The summed E-state index contributed by atoms with van der Waals surface area (Å²) in [7, 11) is 1.93. The summed E-state index contributed by atoms with van der Waals surface area (Å²) in [6.45, 7) is 2.04. The van der Waals surface area contributed by atoms with Gasteiger partial charge in [-0.15, -0.1) is 0 Å². The molecule has 3 nitrogen and oxygen atoms in total. The highest BCUT2D eigenvalue weighted by Crippen LogP contribution is 2.37. The number of allylic oxidation sites excluding steroid dienone is 3. The Morgan fingerprint density at radius 3 is 1.92 bits per heavy atom. The molecule has 0 atom stereocenters. The van der Waals surface area contributed by atoms with E-state index in [-0.39, 0.29) is 0 Å². The third-order valence-electron chi connectivity index (χ3n) is 9.11. The number of nitrogens with one attached hydrogen (secondary N) is 1. The molecule has 0 aliphatic carbocycles. The van der Waals surface area contributed by atoms with E-state index in [1.54, 1.807) is 0 Å². The van der Waals surface area contributed by atoms with E-state index in [1.165, 1.54) is 32.5 Å². The lowest BCUT2D eigenvalue weighted by atomic mass is 9.96. The Morgan fingerprint density at radius 1 is 0.510 bits per heavy atom. The van der Waals surface area contributed by atoms with Crippen LogP contribution in [-0.2, 0) is 0 Å². The first-order valence-corrected chi connectivity index (χ1v) is 16.7. The minimum Gasteiger partial charge on any atom is -0.393 e.